The topological polar surface area (TPSA) is 41.1 Å². The first kappa shape index (κ1) is 14.5. The summed E-state index contributed by atoms with van der Waals surface area (Å²) >= 11 is 3.40. The van der Waals surface area contributed by atoms with Crippen molar-refractivity contribution >= 4 is 27.5 Å². The molecule has 1 unspecified atom stereocenters. The molecule has 19 heavy (non-hydrogen) atoms. The van der Waals surface area contributed by atoms with Crippen molar-refractivity contribution in [2.75, 3.05) is 18.4 Å². The van der Waals surface area contributed by atoms with E-state index in [0.29, 0.717) is 0 Å². The number of carbonyl (C=O) groups is 1. The van der Waals surface area contributed by atoms with E-state index < -0.39 is 0 Å². The second kappa shape index (κ2) is 6.53. The summed E-state index contributed by atoms with van der Waals surface area (Å²) < 4.78 is 1.02. The lowest BCUT2D eigenvalue weighted by Gasteiger charge is -2.36. The van der Waals surface area contributed by atoms with Gasteiger partial charge in [-0.3, -0.25) is 4.79 Å². The van der Waals surface area contributed by atoms with Crippen molar-refractivity contribution in [3.63, 3.8) is 0 Å². The van der Waals surface area contributed by atoms with Crippen molar-refractivity contribution in [3.8, 4) is 0 Å². The molecule has 0 spiro atoms. The Morgan fingerprint density at radius 3 is 2.74 bits per heavy atom. The fraction of sp³-hybridized carbons (Fsp3) is 0.533. The largest absolute Gasteiger partial charge is 0.326 e. The second-order valence-corrected chi connectivity index (χ2v) is 6.19. The van der Waals surface area contributed by atoms with Crippen LogP contribution in [-0.2, 0) is 4.79 Å². The zero-order valence-corrected chi connectivity index (χ0v) is 12.9. The van der Waals surface area contributed by atoms with E-state index >= 15 is 0 Å². The number of halogens is 1. The minimum atomic E-state index is -0.236. The molecule has 4 heteroatoms. The number of hydrogen-bond donors (Lipinski definition) is 2. The Morgan fingerprint density at radius 2 is 2.16 bits per heavy atom. The van der Waals surface area contributed by atoms with Crippen LogP contribution in [0.15, 0.2) is 28.7 Å². The Kier molecular flexibility index (Phi) is 4.99. The van der Waals surface area contributed by atoms with Crippen molar-refractivity contribution in [3.05, 3.63) is 28.7 Å². The minimum absolute atomic E-state index is 0.156. The average Bonchev–Trinajstić information content (AvgIpc) is 2.43. The molecule has 3 nitrogen and oxygen atoms in total. The molecule has 0 saturated carbocycles. The number of benzene rings is 1. The highest BCUT2D eigenvalue weighted by atomic mass is 79.9. The van der Waals surface area contributed by atoms with Crippen LogP contribution in [0.2, 0.25) is 0 Å². The van der Waals surface area contributed by atoms with E-state index in [2.05, 4.69) is 33.5 Å². The molecule has 0 aromatic heterocycles. The molecule has 1 heterocycles. The van der Waals surface area contributed by atoms with Gasteiger partial charge in [-0.05, 0) is 50.1 Å². The summed E-state index contributed by atoms with van der Waals surface area (Å²) in [5, 5.41) is 6.43. The quantitative estimate of drug-likeness (QED) is 0.889. The van der Waals surface area contributed by atoms with Gasteiger partial charge in [-0.2, -0.15) is 0 Å². The first-order valence-electron chi connectivity index (χ1n) is 6.94. The number of nitrogens with one attached hydrogen (secondary N) is 2. The van der Waals surface area contributed by atoms with Gasteiger partial charge in [0.05, 0.1) is 5.41 Å². The maximum atomic E-state index is 12.6. The van der Waals surface area contributed by atoms with Gasteiger partial charge in [0, 0.05) is 16.7 Å². The van der Waals surface area contributed by atoms with Gasteiger partial charge in [-0.15, -0.1) is 0 Å². The maximum Gasteiger partial charge on any atom is 0.231 e. The summed E-state index contributed by atoms with van der Waals surface area (Å²) in [4.78, 5) is 12.6. The molecule has 1 aromatic rings. The maximum absolute atomic E-state index is 12.6. The Morgan fingerprint density at radius 1 is 1.42 bits per heavy atom. The SMILES string of the molecule is CCCC1(C(=O)Nc2ccc(Br)cc2)CCCNC1. The molecular formula is C15H21BrN2O. The standard InChI is InChI=1S/C15H21BrN2O/c1-2-8-15(9-3-10-17-11-15)14(19)18-13-6-4-12(16)5-7-13/h4-7,17H,2-3,8-11H2,1H3,(H,18,19). The van der Waals surface area contributed by atoms with Crippen molar-refractivity contribution in [2.24, 2.45) is 5.41 Å². The monoisotopic (exact) mass is 324 g/mol. The summed E-state index contributed by atoms with van der Waals surface area (Å²) in [5.74, 6) is 0.156. The van der Waals surface area contributed by atoms with Crippen LogP contribution in [0.5, 0.6) is 0 Å². The third-order valence-corrected chi connectivity index (χ3v) is 4.31. The third kappa shape index (κ3) is 3.57. The van der Waals surface area contributed by atoms with Gasteiger partial charge < -0.3 is 10.6 Å². The van der Waals surface area contributed by atoms with E-state index in [1.54, 1.807) is 0 Å². The number of carbonyl (C=O) groups excluding carboxylic acids is 1. The predicted molar refractivity (Wildman–Crippen MR) is 82.2 cm³/mol. The summed E-state index contributed by atoms with van der Waals surface area (Å²) in [5.41, 5.74) is 0.634. The van der Waals surface area contributed by atoms with Crippen LogP contribution in [0.4, 0.5) is 5.69 Å². The van der Waals surface area contributed by atoms with E-state index in [9.17, 15) is 4.79 Å². The molecule has 1 aromatic carbocycles. The molecule has 1 aliphatic heterocycles. The van der Waals surface area contributed by atoms with Gasteiger partial charge in [0.25, 0.3) is 0 Å². The van der Waals surface area contributed by atoms with Gasteiger partial charge >= 0.3 is 0 Å². The smallest absolute Gasteiger partial charge is 0.231 e. The highest BCUT2D eigenvalue weighted by Gasteiger charge is 2.38. The molecule has 2 N–H and O–H groups in total. The van der Waals surface area contributed by atoms with Crippen molar-refractivity contribution in [1.82, 2.24) is 5.32 Å². The van der Waals surface area contributed by atoms with Crippen LogP contribution in [0, 0.1) is 5.41 Å². The second-order valence-electron chi connectivity index (χ2n) is 5.27. The zero-order valence-electron chi connectivity index (χ0n) is 11.3. The van der Waals surface area contributed by atoms with Gasteiger partial charge in [0.15, 0.2) is 0 Å². The van der Waals surface area contributed by atoms with Crippen LogP contribution in [0.1, 0.15) is 32.6 Å². The molecule has 1 amide bonds. The van der Waals surface area contributed by atoms with E-state index in [1.807, 2.05) is 24.3 Å². The lowest BCUT2D eigenvalue weighted by Crippen LogP contribution is -2.48. The van der Waals surface area contributed by atoms with E-state index in [-0.39, 0.29) is 11.3 Å². The van der Waals surface area contributed by atoms with Crippen LogP contribution >= 0.6 is 15.9 Å². The summed E-state index contributed by atoms with van der Waals surface area (Å²) in [6.07, 6.45) is 4.04. The zero-order chi connectivity index (χ0) is 13.7. The Bertz CT molecular complexity index is 419. The van der Waals surface area contributed by atoms with Gasteiger partial charge in [-0.25, -0.2) is 0 Å². The summed E-state index contributed by atoms with van der Waals surface area (Å²) in [6, 6.07) is 7.75. The summed E-state index contributed by atoms with van der Waals surface area (Å²) in [6.45, 7) is 3.96. The third-order valence-electron chi connectivity index (χ3n) is 3.78. The molecule has 0 aliphatic carbocycles. The van der Waals surface area contributed by atoms with Crippen molar-refractivity contribution in [1.29, 1.82) is 0 Å². The van der Waals surface area contributed by atoms with Crippen LogP contribution in [0.25, 0.3) is 0 Å². The number of amides is 1. The molecule has 2 rings (SSSR count). The molecule has 0 bridgehead atoms. The van der Waals surface area contributed by atoms with E-state index in [4.69, 9.17) is 0 Å². The number of rotatable bonds is 4. The van der Waals surface area contributed by atoms with Gasteiger partial charge in [0.1, 0.15) is 0 Å². The van der Waals surface area contributed by atoms with Gasteiger partial charge in [-0.1, -0.05) is 29.3 Å². The minimum Gasteiger partial charge on any atom is -0.326 e. The predicted octanol–water partition coefficient (Wildman–Crippen LogP) is 3.56. The van der Waals surface area contributed by atoms with E-state index in [0.717, 1.165) is 48.9 Å². The molecule has 104 valence electrons. The number of hydrogen-bond acceptors (Lipinski definition) is 2. The summed E-state index contributed by atoms with van der Waals surface area (Å²) in [7, 11) is 0. The van der Waals surface area contributed by atoms with Gasteiger partial charge in [0.2, 0.25) is 5.91 Å². The first-order chi connectivity index (χ1) is 9.16. The van der Waals surface area contributed by atoms with Crippen LogP contribution in [0.3, 0.4) is 0 Å². The fourth-order valence-electron chi connectivity index (χ4n) is 2.76. The molecule has 1 saturated heterocycles. The molecule has 1 atom stereocenters. The molecule has 0 radical (unpaired) electrons. The average molecular weight is 325 g/mol. The van der Waals surface area contributed by atoms with Crippen LogP contribution < -0.4 is 10.6 Å². The fourth-order valence-corrected chi connectivity index (χ4v) is 3.03. The lowest BCUT2D eigenvalue weighted by molar-refractivity contribution is -0.127. The molecule has 1 aliphatic rings. The highest BCUT2D eigenvalue weighted by Crippen LogP contribution is 2.33. The Balaban J connectivity index is 2.09. The van der Waals surface area contributed by atoms with Crippen molar-refractivity contribution in [2.45, 2.75) is 32.6 Å². The Hall–Kier alpha value is -0.870. The van der Waals surface area contributed by atoms with Crippen molar-refractivity contribution < 1.29 is 4.79 Å². The number of anilines is 1. The highest BCUT2D eigenvalue weighted by molar-refractivity contribution is 9.10. The molecule has 1 fully saturated rings. The lowest BCUT2D eigenvalue weighted by atomic mass is 9.76. The first-order valence-corrected chi connectivity index (χ1v) is 7.73. The normalized spacial score (nSPS) is 23.1. The molecular weight excluding hydrogens is 304 g/mol. The van der Waals surface area contributed by atoms with Crippen LogP contribution in [-0.4, -0.2) is 19.0 Å². The van der Waals surface area contributed by atoms with E-state index in [1.165, 1.54) is 0 Å². The number of piperidine rings is 1. The Labute approximate surface area is 123 Å².